The average Bonchev–Trinajstić information content (AvgIpc) is 2.35. The summed E-state index contributed by atoms with van der Waals surface area (Å²) in [6.07, 6.45) is 4.09. The fraction of sp³-hybridized carbons (Fsp3) is 0.286. The Morgan fingerprint density at radius 2 is 2.17 bits per heavy atom. The molecular formula is C14H14O4. The molecule has 0 N–H and O–H groups in total. The van der Waals surface area contributed by atoms with Crippen molar-refractivity contribution < 1.29 is 19.1 Å². The number of fused-ring (bicyclic) bond motifs is 1. The third-order valence-corrected chi connectivity index (χ3v) is 2.76. The van der Waals surface area contributed by atoms with Crippen LogP contribution >= 0.6 is 0 Å². The first-order chi connectivity index (χ1) is 8.61. The van der Waals surface area contributed by atoms with Crippen LogP contribution in [-0.2, 0) is 16.0 Å². The van der Waals surface area contributed by atoms with E-state index in [1.54, 1.807) is 6.08 Å². The predicted octanol–water partition coefficient (Wildman–Crippen LogP) is 2.15. The summed E-state index contributed by atoms with van der Waals surface area (Å²) in [7, 11) is 1.54. The van der Waals surface area contributed by atoms with Crippen LogP contribution in [0.15, 0.2) is 18.2 Å². The van der Waals surface area contributed by atoms with Gasteiger partial charge in [-0.3, -0.25) is 9.59 Å². The highest BCUT2D eigenvalue weighted by Crippen LogP contribution is 2.36. The number of benzene rings is 1. The first-order valence-corrected chi connectivity index (χ1v) is 5.71. The summed E-state index contributed by atoms with van der Waals surface area (Å²) in [4.78, 5) is 22.4. The normalized spacial score (nSPS) is 14.2. The van der Waals surface area contributed by atoms with Gasteiger partial charge in [-0.15, -0.1) is 0 Å². The van der Waals surface area contributed by atoms with E-state index in [4.69, 9.17) is 9.47 Å². The van der Waals surface area contributed by atoms with E-state index in [9.17, 15) is 9.59 Å². The van der Waals surface area contributed by atoms with E-state index >= 15 is 0 Å². The number of esters is 1. The van der Waals surface area contributed by atoms with Crippen molar-refractivity contribution in [2.75, 3.05) is 7.11 Å². The SMILES string of the molecule is COc1ccc2c(c1C=CC(C)=O)OC(=O)CC2. The molecule has 0 saturated heterocycles. The molecule has 2 rings (SSSR count). The average molecular weight is 246 g/mol. The molecule has 4 heteroatoms. The second-order valence-corrected chi connectivity index (χ2v) is 4.09. The van der Waals surface area contributed by atoms with Crippen LogP contribution in [0.3, 0.4) is 0 Å². The van der Waals surface area contributed by atoms with Crippen molar-refractivity contribution in [2.45, 2.75) is 19.8 Å². The van der Waals surface area contributed by atoms with Crippen LogP contribution in [0.4, 0.5) is 0 Å². The lowest BCUT2D eigenvalue weighted by atomic mass is 10.0. The molecular weight excluding hydrogens is 232 g/mol. The Bertz CT molecular complexity index is 529. The Morgan fingerprint density at radius 1 is 1.39 bits per heavy atom. The van der Waals surface area contributed by atoms with Crippen LogP contribution in [0.5, 0.6) is 11.5 Å². The zero-order valence-electron chi connectivity index (χ0n) is 10.4. The summed E-state index contributed by atoms with van der Waals surface area (Å²) in [5.74, 6) is 0.758. The Hall–Kier alpha value is -2.10. The number of aryl methyl sites for hydroxylation is 1. The monoisotopic (exact) mass is 246 g/mol. The van der Waals surface area contributed by atoms with Crippen molar-refractivity contribution in [3.05, 3.63) is 29.3 Å². The minimum Gasteiger partial charge on any atom is -0.496 e. The first kappa shape index (κ1) is 12.4. The van der Waals surface area contributed by atoms with E-state index in [-0.39, 0.29) is 11.8 Å². The molecule has 0 saturated carbocycles. The summed E-state index contributed by atoms with van der Waals surface area (Å²) in [5, 5.41) is 0. The van der Waals surface area contributed by atoms with E-state index in [0.29, 0.717) is 29.9 Å². The standard InChI is InChI=1S/C14H14O4/c1-9(15)3-6-11-12(17-2)7-4-10-5-8-13(16)18-14(10)11/h3-4,6-7H,5,8H2,1-2H3. The van der Waals surface area contributed by atoms with E-state index < -0.39 is 0 Å². The van der Waals surface area contributed by atoms with E-state index in [1.807, 2.05) is 12.1 Å². The topological polar surface area (TPSA) is 52.6 Å². The maximum Gasteiger partial charge on any atom is 0.311 e. The lowest BCUT2D eigenvalue weighted by molar-refractivity contribution is -0.135. The fourth-order valence-electron chi connectivity index (χ4n) is 1.88. The summed E-state index contributed by atoms with van der Waals surface area (Å²) in [6, 6.07) is 3.70. The number of rotatable bonds is 3. The molecule has 0 aromatic heterocycles. The maximum absolute atomic E-state index is 11.4. The highest BCUT2D eigenvalue weighted by molar-refractivity contribution is 5.93. The predicted molar refractivity (Wildman–Crippen MR) is 66.7 cm³/mol. The highest BCUT2D eigenvalue weighted by Gasteiger charge is 2.21. The second kappa shape index (κ2) is 5.04. The van der Waals surface area contributed by atoms with Crippen LogP contribution in [0, 0.1) is 0 Å². The van der Waals surface area contributed by atoms with Gasteiger partial charge < -0.3 is 9.47 Å². The van der Waals surface area contributed by atoms with E-state index in [2.05, 4.69) is 0 Å². The third-order valence-electron chi connectivity index (χ3n) is 2.76. The van der Waals surface area contributed by atoms with Gasteiger partial charge in [0.15, 0.2) is 5.78 Å². The number of ketones is 1. The minimum atomic E-state index is -0.256. The fourth-order valence-corrected chi connectivity index (χ4v) is 1.88. The van der Waals surface area contributed by atoms with Gasteiger partial charge >= 0.3 is 5.97 Å². The van der Waals surface area contributed by atoms with Gasteiger partial charge in [-0.25, -0.2) is 0 Å². The van der Waals surface area contributed by atoms with Crippen molar-refractivity contribution in [2.24, 2.45) is 0 Å². The molecule has 0 atom stereocenters. The molecule has 0 radical (unpaired) electrons. The molecule has 1 aliphatic heterocycles. The number of carbonyl (C=O) groups is 2. The van der Waals surface area contributed by atoms with Crippen molar-refractivity contribution in [1.82, 2.24) is 0 Å². The molecule has 0 amide bonds. The molecule has 94 valence electrons. The molecule has 0 spiro atoms. The second-order valence-electron chi connectivity index (χ2n) is 4.09. The molecule has 0 fully saturated rings. The summed E-state index contributed by atoms with van der Waals surface area (Å²) >= 11 is 0. The Balaban J connectivity index is 2.52. The Labute approximate surface area is 105 Å². The molecule has 0 bridgehead atoms. The highest BCUT2D eigenvalue weighted by atomic mass is 16.5. The van der Waals surface area contributed by atoms with Crippen LogP contribution < -0.4 is 9.47 Å². The molecule has 0 aliphatic carbocycles. The maximum atomic E-state index is 11.4. The largest absolute Gasteiger partial charge is 0.496 e. The molecule has 0 unspecified atom stereocenters. The number of ether oxygens (including phenoxy) is 2. The summed E-state index contributed by atoms with van der Waals surface area (Å²) in [6.45, 7) is 1.46. The number of methoxy groups -OCH3 is 1. The van der Waals surface area contributed by atoms with Gasteiger partial charge in [-0.1, -0.05) is 6.07 Å². The summed E-state index contributed by atoms with van der Waals surface area (Å²) in [5.41, 5.74) is 1.59. The van der Waals surface area contributed by atoms with Gasteiger partial charge in [-0.05, 0) is 37.1 Å². The number of carbonyl (C=O) groups excluding carboxylic acids is 2. The minimum absolute atomic E-state index is 0.0724. The zero-order valence-corrected chi connectivity index (χ0v) is 10.4. The van der Waals surface area contributed by atoms with Gasteiger partial charge in [0.2, 0.25) is 0 Å². The van der Waals surface area contributed by atoms with Gasteiger partial charge in [0.05, 0.1) is 19.1 Å². The van der Waals surface area contributed by atoms with E-state index in [1.165, 1.54) is 20.1 Å². The van der Waals surface area contributed by atoms with Gasteiger partial charge in [-0.2, -0.15) is 0 Å². The third kappa shape index (κ3) is 2.42. The molecule has 4 nitrogen and oxygen atoms in total. The van der Waals surface area contributed by atoms with Crippen molar-refractivity contribution in [3.63, 3.8) is 0 Å². The summed E-state index contributed by atoms with van der Waals surface area (Å²) < 4.78 is 10.5. The van der Waals surface area contributed by atoms with E-state index in [0.717, 1.165) is 5.56 Å². The molecule has 1 aromatic carbocycles. The van der Waals surface area contributed by atoms with Crippen LogP contribution in [0.25, 0.3) is 6.08 Å². The van der Waals surface area contributed by atoms with Crippen LogP contribution in [-0.4, -0.2) is 18.9 Å². The number of hydrogen-bond donors (Lipinski definition) is 0. The smallest absolute Gasteiger partial charge is 0.311 e. The lowest BCUT2D eigenvalue weighted by Gasteiger charge is -2.19. The number of allylic oxidation sites excluding steroid dienone is 1. The van der Waals surface area contributed by atoms with Crippen molar-refractivity contribution in [1.29, 1.82) is 0 Å². The lowest BCUT2D eigenvalue weighted by Crippen LogP contribution is -2.16. The van der Waals surface area contributed by atoms with Gasteiger partial charge in [0.1, 0.15) is 11.5 Å². The Kier molecular flexibility index (Phi) is 3.46. The Morgan fingerprint density at radius 3 is 2.83 bits per heavy atom. The van der Waals surface area contributed by atoms with Crippen molar-refractivity contribution in [3.8, 4) is 11.5 Å². The molecule has 1 heterocycles. The molecule has 18 heavy (non-hydrogen) atoms. The van der Waals surface area contributed by atoms with Gasteiger partial charge in [0.25, 0.3) is 0 Å². The molecule has 1 aliphatic rings. The van der Waals surface area contributed by atoms with Crippen molar-refractivity contribution >= 4 is 17.8 Å². The zero-order chi connectivity index (χ0) is 13.1. The van der Waals surface area contributed by atoms with Crippen LogP contribution in [0.1, 0.15) is 24.5 Å². The quantitative estimate of drug-likeness (QED) is 0.466. The van der Waals surface area contributed by atoms with Crippen LogP contribution in [0.2, 0.25) is 0 Å². The number of hydrogen-bond acceptors (Lipinski definition) is 4. The van der Waals surface area contributed by atoms with Gasteiger partial charge in [0, 0.05) is 0 Å². The molecule has 1 aromatic rings. The first-order valence-electron chi connectivity index (χ1n) is 5.71.